The van der Waals surface area contributed by atoms with Crippen LogP contribution in [0.1, 0.15) is 0 Å². The lowest BCUT2D eigenvalue weighted by Gasteiger charge is -2.29. The number of halogens is 3. The predicted molar refractivity (Wildman–Crippen MR) is 15.8 cm³/mol. The van der Waals surface area contributed by atoms with E-state index in [2.05, 4.69) is 4.74 Å². The molecule has 42 valence electrons. The maximum absolute atomic E-state index is 11.4. The van der Waals surface area contributed by atoms with Crippen LogP contribution in [0, 0.1) is 0 Å². The topological polar surface area (TPSA) is 9.23 Å². The highest BCUT2D eigenvalue weighted by molar-refractivity contribution is 4.77. The Bertz CT molecular complexity index is 82.2. The summed E-state index contributed by atoms with van der Waals surface area (Å²) in [6.07, 6.45) is -2.35. The number of alkyl halides is 3. The van der Waals surface area contributed by atoms with Gasteiger partial charge in [-0.05, 0) is 0 Å². The van der Waals surface area contributed by atoms with Crippen LogP contribution in [0.2, 0.25) is 0 Å². The Morgan fingerprint density at radius 1 is 1.57 bits per heavy atom. The first-order valence-electron chi connectivity index (χ1n) is 1.76. The molecule has 0 aromatic heterocycles. The quantitative estimate of drug-likeness (QED) is 0.453. The van der Waals surface area contributed by atoms with Gasteiger partial charge in [0.05, 0.1) is 0 Å². The van der Waals surface area contributed by atoms with Crippen molar-refractivity contribution in [1.29, 1.82) is 0 Å². The fraction of sp³-hybridized carbons (Fsp3) is 1.00. The fourth-order valence-corrected chi connectivity index (χ4v) is 0.272. The minimum Gasteiger partial charge on any atom is -0.337 e. The van der Waals surface area contributed by atoms with Gasteiger partial charge in [0.1, 0.15) is 6.61 Å². The van der Waals surface area contributed by atoms with E-state index in [1.165, 1.54) is 0 Å². The van der Waals surface area contributed by atoms with Gasteiger partial charge in [0, 0.05) is 0 Å². The Kier molecular flexibility index (Phi) is 0.786. The average Bonchev–Trinajstić information content (AvgIpc) is 1.63. The molecule has 1 nitrogen and oxygen atoms in total. The molecule has 0 aromatic carbocycles. The molecule has 7 heavy (non-hydrogen) atoms. The maximum Gasteiger partial charge on any atom is 0.325 e. The van der Waals surface area contributed by atoms with E-state index in [1.54, 1.807) is 0 Å². The molecule has 1 heterocycles. The number of hydrogen-bond acceptors (Lipinski definition) is 1. The summed E-state index contributed by atoms with van der Waals surface area (Å²) in [6, 6.07) is 0. The summed E-state index contributed by atoms with van der Waals surface area (Å²) < 4.78 is 37.9. The van der Waals surface area contributed by atoms with Crippen molar-refractivity contribution in [3.63, 3.8) is 0 Å². The second kappa shape index (κ2) is 1.12. The first kappa shape index (κ1) is 4.90. The molecule has 1 fully saturated rings. The van der Waals surface area contributed by atoms with Gasteiger partial charge in [-0.3, -0.25) is 0 Å². The third-order valence-corrected chi connectivity index (χ3v) is 0.754. The van der Waals surface area contributed by atoms with Crippen molar-refractivity contribution in [1.82, 2.24) is 0 Å². The molecule has 0 aromatic rings. The first-order valence-corrected chi connectivity index (χ1v) is 1.76. The molecule has 1 aliphatic rings. The molecule has 0 aliphatic carbocycles. The van der Waals surface area contributed by atoms with Gasteiger partial charge in [0.25, 0.3) is 6.36 Å². The second-order valence-electron chi connectivity index (χ2n) is 1.39. The van der Waals surface area contributed by atoms with Gasteiger partial charge in [0.2, 0.25) is 0 Å². The van der Waals surface area contributed by atoms with Gasteiger partial charge in [-0.25, -0.2) is 4.39 Å². The number of hydrogen-bond donors (Lipinski definition) is 0. The van der Waals surface area contributed by atoms with Crippen molar-refractivity contribution >= 4 is 0 Å². The molecule has 1 rings (SSSR count). The van der Waals surface area contributed by atoms with Crippen LogP contribution in [0.15, 0.2) is 0 Å². The first-order chi connectivity index (χ1) is 3.13. The summed E-state index contributed by atoms with van der Waals surface area (Å²) in [5, 5.41) is 0. The minimum absolute atomic E-state index is 0.770. The Balaban J connectivity index is 2.43. The van der Waals surface area contributed by atoms with E-state index in [4.69, 9.17) is 0 Å². The molecular formula is C3H3F3O. The lowest BCUT2D eigenvalue weighted by Crippen LogP contribution is -2.48. The van der Waals surface area contributed by atoms with Crippen molar-refractivity contribution in [2.75, 3.05) is 6.61 Å². The zero-order valence-corrected chi connectivity index (χ0v) is 3.33. The lowest BCUT2D eigenvalue weighted by atomic mass is 10.3. The van der Waals surface area contributed by atoms with Crippen LogP contribution < -0.4 is 0 Å². The van der Waals surface area contributed by atoms with Crippen LogP contribution in [-0.4, -0.2) is 18.9 Å². The van der Waals surface area contributed by atoms with Crippen LogP contribution in [0.4, 0.5) is 13.2 Å². The molecule has 4 heteroatoms. The van der Waals surface area contributed by atoms with Crippen LogP contribution in [0.25, 0.3) is 0 Å². The zero-order valence-electron chi connectivity index (χ0n) is 3.33. The van der Waals surface area contributed by atoms with Crippen LogP contribution in [0.5, 0.6) is 0 Å². The van der Waals surface area contributed by atoms with E-state index in [1.807, 2.05) is 0 Å². The zero-order chi connectivity index (χ0) is 5.49. The van der Waals surface area contributed by atoms with Crippen LogP contribution >= 0.6 is 0 Å². The third-order valence-electron chi connectivity index (χ3n) is 0.754. The maximum atomic E-state index is 11.4. The highest BCUT2D eigenvalue weighted by Gasteiger charge is 2.51. The van der Waals surface area contributed by atoms with Crippen molar-refractivity contribution in [3.05, 3.63) is 0 Å². The van der Waals surface area contributed by atoms with Crippen LogP contribution in [0.3, 0.4) is 0 Å². The Morgan fingerprint density at radius 2 is 2.00 bits per heavy atom. The highest BCUT2D eigenvalue weighted by Crippen LogP contribution is 2.31. The van der Waals surface area contributed by atoms with Gasteiger partial charge in [0.15, 0.2) is 0 Å². The normalized spacial score (nSPS) is 37.3. The van der Waals surface area contributed by atoms with E-state index in [9.17, 15) is 13.2 Å². The predicted octanol–water partition coefficient (Wildman–Crippen LogP) is 0.948. The molecule has 1 aliphatic heterocycles. The van der Waals surface area contributed by atoms with E-state index < -0.39 is 18.9 Å². The van der Waals surface area contributed by atoms with Gasteiger partial charge in [-0.2, -0.15) is 8.78 Å². The molecule has 1 atom stereocenters. The number of ether oxygens (including phenoxy) is 1. The average molecular weight is 112 g/mol. The minimum atomic E-state index is -3.21. The van der Waals surface area contributed by atoms with Crippen molar-refractivity contribution < 1.29 is 17.9 Å². The molecule has 0 bridgehead atoms. The fourth-order valence-electron chi connectivity index (χ4n) is 0.272. The van der Waals surface area contributed by atoms with Gasteiger partial charge in [-0.1, -0.05) is 0 Å². The largest absolute Gasteiger partial charge is 0.337 e. The summed E-state index contributed by atoms with van der Waals surface area (Å²) in [4.78, 5) is 0. The molecule has 0 radical (unpaired) electrons. The lowest BCUT2D eigenvalue weighted by molar-refractivity contribution is -0.311. The van der Waals surface area contributed by atoms with Crippen molar-refractivity contribution in [3.8, 4) is 0 Å². The highest BCUT2D eigenvalue weighted by atomic mass is 19.3. The smallest absolute Gasteiger partial charge is 0.325 e. The molecular weight excluding hydrogens is 109 g/mol. The molecule has 0 saturated carbocycles. The molecule has 0 N–H and O–H groups in total. The monoisotopic (exact) mass is 112 g/mol. The van der Waals surface area contributed by atoms with E-state index in [-0.39, 0.29) is 0 Å². The molecule has 1 unspecified atom stereocenters. The van der Waals surface area contributed by atoms with E-state index >= 15 is 0 Å². The molecule has 0 amide bonds. The molecule has 0 spiro atoms. The number of rotatable bonds is 0. The van der Waals surface area contributed by atoms with Gasteiger partial charge in [-0.15, -0.1) is 0 Å². The standard InChI is InChI=1S/C3H3F3O/c4-2-3(5,6)1-7-2/h2H,1H2. The summed E-state index contributed by atoms with van der Waals surface area (Å²) in [6.45, 7) is -0.770. The Labute approximate surface area is 38.1 Å². The van der Waals surface area contributed by atoms with Gasteiger partial charge < -0.3 is 4.74 Å². The summed E-state index contributed by atoms with van der Waals surface area (Å²) in [5.74, 6) is -3.21. The second-order valence-corrected chi connectivity index (χ2v) is 1.39. The van der Waals surface area contributed by atoms with Crippen molar-refractivity contribution in [2.24, 2.45) is 0 Å². The van der Waals surface area contributed by atoms with Crippen LogP contribution in [-0.2, 0) is 4.74 Å². The Morgan fingerprint density at radius 3 is 2.00 bits per heavy atom. The van der Waals surface area contributed by atoms with E-state index in [0.717, 1.165) is 0 Å². The molecule has 1 saturated heterocycles. The summed E-state index contributed by atoms with van der Waals surface area (Å²) in [5.41, 5.74) is 0. The van der Waals surface area contributed by atoms with Gasteiger partial charge >= 0.3 is 5.92 Å². The van der Waals surface area contributed by atoms with Crippen molar-refractivity contribution in [2.45, 2.75) is 12.3 Å². The Hall–Kier alpha value is -0.250. The summed E-state index contributed by atoms with van der Waals surface area (Å²) >= 11 is 0. The van der Waals surface area contributed by atoms with E-state index in [0.29, 0.717) is 0 Å². The summed E-state index contributed by atoms with van der Waals surface area (Å²) in [7, 11) is 0. The SMILES string of the molecule is FC1OCC1(F)F. The third kappa shape index (κ3) is 0.586.